The summed E-state index contributed by atoms with van der Waals surface area (Å²) < 4.78 is 34.7. The minimum Gasteiger partial charge on any atom is -0.389 e. The largest absolute Gasteiger partial charge is 0.738 e. The van der Waals surface area contributed by atoms with Crippen LogP contribution in [-0.2, 0) is 0 Å². The maximum atomic E-state index is 15.5. The van der Waals surface area contributed by atoms with Crippen LogP contribution in [0.2, 0.25) is 0 Å². The molecule has 0 N–H and O–H groups in total. The van der Waals surface area contributed by atoms with Gasteiger partial charge in [0, 0.05) is 37.4 Å². The molecule has 23 heavy (non-hydrogen) atoms. The van der Waals surface area contributed by atoms with E-state index in [9.17, 15) is 0 Å². The fourth-order valence-corrected chi connectivity index (χ4v) is 4.52. The molecule has 0 fully saturated rings. The predicted molar refractivity (Wildman–Crippen MR) is 99.6 cm³/mol. The maximum Gasteiger partial charge on any atom is 0.738 e. The van der Waals surface area contributed by atoms with Crippen LogP contribution < -0.4 is 4.90 Å². The molecule has 8 heteroatoms. The van der Waals surface area contributed by atoms with Crippen LogP contribution in [0.15, 0.2) is 26.3 Å². The molecule has 0 bridgehead atoms. The lowest BCUT2D eigenvalue weighted by molar-refractivity contribution is -0.362. The number of aromatic nitrogens is 1. The minimum absolute atomic E-state index is 0.532. The van der Waals surface area contributed by atoms with Gasteiger partial charge in [0.1, 0.15) is 5.71 Å². The zero-order chi connectivity index (χ0) is 17.1. The van der Waals surface area contributed by atoms with Gasteiger partial charge in [-0.2, -0.15) is 0 Å². The van der Waals surface area contributed by atoms with Crippen LogP contribution in [0.1, 0.15) is 33.4 Å². The zero-order valence-corrected chi connectivity index (χ0v) is 16.7. The van der Waals surface area contributed by atoms with Gasteiger partial charge in [-0.05, 0) is 58.7 Å². The highest BCUT2D eigenvalue weighted by Gasteiger charge is 2.54. The van der Waals surface area contributed by atoms with E-state index in [0.717, 1.165) is 10.1 Å². The zero-order valence-electron chi connectivity index (χ0n) is 13.5. The molecule has 0 aromatic carbocycles. The molecule has 0 atom stereocenters. The summed E-state index contributed by atoms with van der Waals surface area (Å²) in [7, 11) is 0. The Balaban J connectivity index is 2.32. The summed E-state index contributed by atoms with van der Waals surface area (Å²) in [5.41, 5.74) is 2.50. The van der Waals surface area contributed by atoms with E-state index in [1.807, 2.05) is 31.7 Å². The van der Waals surface area contributed by atoms with E-state index in [-0.39, 0.29) is 0 Å². The van der Waals surface area contributed by atoms with Crippen molar-refractivity contribution in [3.63, 3.8) is 0 Å². The second-order valence-corrected chi connectivity index (χ2v) is 7.44. The lowest BCUT2D eigenvalue weighted by atomic mass is 9.90. The van der Waals surface area contributed by atoms with Gasteiger partial charge in [-0.1, -0.05) is 0 Å². The van der Waals surface area contributed by atoms with Crippen molar-refractivity contribution in [1.29, 1.82) is 0 Å². The second kappa shape index (κ2) is 5.58. The molecule has 3 rings (SSSR count). The van der Waals surface area contributed by atoms with E-state index in [2.05, 4.69) is 31.9 Å². The Morgan fingerprint density at radius 1 is 1.22 bits per heavy atom. The Bertz CT molecular complexity index is 789. The van der Waals surface area contributed by atoms with Crippen LogP contribution in [0.3, 0.4) is 0 Å². The van der Waals surface area contributed by atoms with E-state index < -0.39 is 6.97 Å². The first-order valence-electron chi connectivity index (χ1n) is 7.65. The molecule has 3 heterocycles. The van der Waals surface area contributed by atoms with E-state index in [0.29, 0.717) is 40.5 Å². The second-order valence-electron chi connectivity index (χ2n) is 5.80. The molecule has 0 spiro atoms. The minimum atomic E-state index is -3.95. The molecule has 0 radical (unpaired) electrons. The third-order valence-corrected chi connectivity index (χ3v) is 6.37. The number of nitrogens with zero attached hydrogens (tertiary/aromatic N) is 3. The first-order chi connectivity index (χ1) is 10.8. The van der Waals surface area contributed by atoms with E-state index >= 15 is 8.63 Å². The van der Waals surface area contributed by atoms with Gasteiger partial charge < -0.3 is 22.5 Å². The molecule has 0 saturated heterocycles. The monoisotopic (exact) mass is 447 g/mol. The summed E-state index contributed by atoms with van der Waals surface area (Å²) in [5.74, 6) is 0.541. The predicted octanol–water partition coefficient (Wildman–Crippen LogP) is 4.83. The number of anilines is 1. The topological polar surface area (TPSA) is 11.2 Å². The fraction of sp³-hybridized carbons (Fsp3) is 0.400. The smallest absolute Gasteiger partial charge is 0.389 e. The normalized spacial score (nSPS) is 19.0. The average molecular weight is 449 g/mol. The van der Waals surface area contributed by atoms with E-state index in [1.54, 1.807) is 13.0 Å². The van der Waals surface area contributed by atoms with Crippen molar-refractivity contribution in [2.45, 2.75) is 27.7 Å². The quantitative estimate of drug-likeness (QED) is 0.603. The fourth-order valence-electron chi connectivity index (χ4n) is 3.45. The Hall–Kier alpha value is -0.885. The molecule has 2 aliphatic heterocycles. The van der Waals surface area contributed by atoms with Gasteiger partial charge in [0.2, 0.25) is 0 Å². The van der Waals surface area contributed by atoms with Crippen molar-refractivity contribution in [2.24, 2.45) is 0 Å². The third kappa shape index (κ3) is 2.21. The number of halogens is 4. The molecule has 0 amide bonds. The highest BCUT2D eigenvalue weighted by molar-refractivity contribution is 9.12. The Kier molecular flexibility index (Phi) is 4.12. The number of hydrogen-bond donors (Lipinski definition) is 0. The highest BCUT2D eigenvalue weighted by Crippen LogP contribution is 2.43. The molecular weight excluding hydrogens is 431 g/mol. The van der Waals surface area contributed by atoms with Crippen LogP contribution in [-0.4, -0.2) is 34.7 Å². The molecule has 2 aliphatic rings. The molecule has 124 valence electrons. The summed E-state index contributed by atoms with van der Waals surface area (Å²) >= 11 is 6.91. The number of allylic oxidation sites excluding steroid dienone is 2. The van der Waals surface area contributed by atoms with Crippen LogP contribution in [0.4, 0.5) is 14.4 Å². The van der Waals surface area contributed by atoms with Gasteiger partial charge in [0.25, 0.3) is 0 Å². The molecule has 3 nitrogen and oxygen atoms in total. The van der Waals surface area contributed by atoms with Crippen molar-refractivity contribution in [2.75, 3.05) is 18.0 Å². The summed E-state index contributed by atoms with van der Waals surface area (Å²) in [5, 5.41) is 0. The van der Waals surface area contributed by atoms with Gasteiger partial charge in [0.05, 0.1) is 14.8 Å². The van der Waals surface area contributed by atoms with Gasteiger partial charge in [-0.3, -0.25) is 0 Å². The molecule has 0 aliphatic carbocycles. The summed E-state index contributed by atoms with van der Waals surface area (Å²) in [6.07, 6.45) is 1.84. The van der Waals surface area contributed by atoms with Gasteiger partial charge in [-0.15, -0.1) is 0 Å². The lowest BCUT2D eigenvalue weighted by Gasteiger charge is -2.34. The summed E-state index contributed by atoms with van der Waals surface area (Å²) in [4.78, 5) is 1.95. The number of fused-ring (bicyclic) bond motifs is 2. The molecular formula is C15H18BBr2F2N3. The van der Waals surface area contributed by atoms with Gasteiger partial charge >= 0.3 is 6.97 Å². The molecule has 0 unspecified atom stereocenters. The Labute approximate surface area is 151 Å². The van der Waals surface area contributed by atoms with Crippen molar-refractivity contribution >= 4 is 56.4 Å². The lowest BCUT2D eigenvalue weighted by Crippen LogP contribution is -2.51. The van der Waals surface area contributed by atoms with Crippen LogP contribution in [0.25, 0.3) is 6.08 Å². The molecule has 0 saturated carbocycles. The van der Waals surface area contributed by atoms with Crippen LogP contribution in [0, 0.1) is 0 Å². The Morgan fingerprint density at radius 3 is 2.39 bits per heavy atom. The van der Waals surface area contributed by atoms with Crippen LogP contribution >= 0.6 is 31.9 Å². The van der Waals surface area contributed by atoms with E-state index in [1.165, 1.54) is 8.96 Å². The first kappa shape index (κ1) is 17.0. The molecule has 1 aromatic heterocycles. The summed E-state index contributed by atoms with van der Waals surface area (Å²) in [6, 6.07) is 1.78. The molecule has 1 aromatic rings. The summed E-state index contributed by atoms with van der Waals surface area (Å²) in [6.45, 7) is 4.93. The van der Waals surface area contributed by atoms with Crippen molar-refractivity contribution in [3.8, 4) is 0 Å². The van der Waals surface area contributed by atoms with E-state index in [4.69, 9.17) is 0 Å². The average Bonchev–Trinajstić information content (AvgIpc) is 2.93. The van der Waals surface area contributed by atoms with Crippen molar-refractivity contribution in [3.05, 3.63) is 32.0 Å². The van der Waals surface area contributed by atoms with Crippen molar-refractivity contribution < 1.29 is 13.1 Å². The third-order valence-electron chi connectivity index (χ3n) is 4.62. The van der Waals surface area contributed by atoms with Gasteiger partial charge in [-0.25, -0.2) is 0 Å². The maximum absolute atomic E-state index is 15.5. The van der Waals surface area contributed by atoms with Crippen LogP contribution in [0.5, 0.6) is 0 Å². The number of rotatable bonds is 3. The van der Waals surface area contributed by atoms with Crippen molar-refractivity contribution in [1.82, 2.24) is 4.48 Å². The van der Waals surface area contributed by atoms with Gasteiger partial charge in [0.15, 0.2) is 5.70 Å². The standard InChI is InChI=1S/C15H18BBr2F2N3/c1-5-21(6-2)15-12(17)7-11-8-13-9(3)14(18)10(4)22(13)16(19,20)23(11)15/h7-8H,5-6H2,1-4H3. The SMILES string of the molecule is CCN(CC)c1c(Br)cc2n1[B-](F)(F)[N+]1=C(C)C(Br)=C(C)C1=C2. The number of hydrogen-bond acceptors (Lipinski definition) is 1. The highest BCUT2D eigenvalue weighted by atomic mass is 79.9. The Morgan fingerprint density at radius 2 is 1.83 bits per heavy atom. The first-order valence-corrected chi connectivity index (χ1v) is 9.24.